The maximum atomic E-state index is 14.0. The first kappa shape index (κ1) is 13.5. The summed E-state index contributed by atoms with van der Waals surface area (Å²) in [6.45, 7) is 6.43. The third-order valence-electron chi connectivity index (χ3n) is 3.21. The van der Waals surface area contributed by atoms with E-state index in [1.165, 1.54) is 23.4 Å². The zero-order valence-electron chi connectivity index (χ0n) is 11.5. The first-order valence-corrected chi connectivity index (χ1v) is 6.53. The van der Waals surface area contributed by atoms with E-state index < -0.39 is 0 Å². The number of benzene rings is 1. The lowest BCUT2D eigenvalue weighted by atomic mass is 10.0. The van der Waals surface area contributed by atoms with Crippen LogP contribution in [0.5, 0.6) is 0 Å². The van der Waals surface area contributed by atoms with Gasteiger partial charge in [-0.05, 0) is 30.5 Å². The standard InChI is InChI=1S/C14H19FN4/c1-4-13(10(2)3)18-11-5-6-14(12(15)7-11)19-9-16-8-17-19/h5-10,13,18H,4H2,1-3H3. The van der Waals surface area contributed by atoms with Gasteiger partial charge in [0.05, 0.1) is 0 Å². The van der Waals surface area contributed by atoms with Crippen molar-refractivity contribution in [3.05, 3.63) is 36.7 Å². The largest absolute Gasteiger partial charge is 0.382 e. The van der Waals surface area contributed by atoms with Gasteiger partial charge in [0.15, 0.2) is 5.82 Å². The molecule has 0 saturated carbocycles. The molecule has 0 aliphatic carbocycles. The Morgan fingerprint density at radius 3 is 2.68 bits per heavy atom. The van der Waals surface area contributed by atoms with E-state index in [0.29, 0.717) is 17.6 Å². The monoisotopic (exact) mass is 262 g/mol. The molecule has 1 aromatic heterocycles. The van der Waals surface area contributed by atoms with E-state index in [4.69, 9.17) is 0 Å². The van der Waals surface area contributed by atoms with Crippen LogP contribution in [0.15, 0.2) is 30.9 Å². The second-order valence-corrected chi connectivity index (χ2v) is 4.91. The Morgan fingerprint density at radius 1 is 1.37 bits per heavy atom. The van der Waals surface area contributed by atoms with Crippen molar-refractivity contribution >= 4 is 5.69 Å². The van der Waals surface area contributed by atoms with Gasteiger partial charge in [-0.15, -0.1) is 0 Å². The SMILES string of the molecule is CCC(Nc1ccc(-n2cncn2)c(F)c1)C(C)C. The third kappa shape index (κ3) is 3.10. The van der Waals surface area contributed by atoms with Gasteiger partial charge in [-0.2, -0.15) is 5.10 Å². The molecule has 4 nitrogen and oxygen atoms in total. The highest BCUT2D eigenvalue weighted by atomic mass is 19.1. The van der Waals surface area contributed by atoms with Crippen molar-refractivity contribution in [2.45, 2.75) is 33.2 Å². The van der Waals surface area contributed by atoms with Crippen molar-refractivity contribution in [1.29, 1.82) is 0 Å². The van der Waals surface area contributed by atoms with Gasteiger partial charge in [0.25, 0.3) is 0 Å². The molecule has 0 saturated heterocycles. The smallest absolute Gasteiger partial charge is 0.150 e. The van der Waals surface area contributed by atoms with Crippen molar-refractivity contribution in [1.82, 2.24) is 14.8 Å². The second-order valence-electron chi connectivity index (χ2n) is 4.91. The molecule has 0 aliphatic rings. The van der Waals surface area contributed by atoms with Crippen LogP contribution in [-0.4, -0.2) is 20.8 Å². The lowest BCUT2D eigenvalue weighted by Gasteiger charge is -2.22. The number of nitrogens with one attached hydrogen (secondary N) is 1. The predicted molar refractivity (Wildman–Crippen MR) is 73.9 cm³/mol. The van der Waals surface area contributed by atoms with Gasteiger partial charge in [0.2, 0.25) is 0 Å². The van der Waals surface area contributed by atoms with E-state index in [1.807, 2.05) is 6.07 Å². The van der Waals surface area contributed by atoms with Gasteiger partial charge >= 0.3 is 0 Å². The molecule has 1 unspecified atom stereocenters. The van der Waals surface area contributed by atoms with E-state index in [2.05, 4.69) is 36.2 Å². The molecule has 1 heterocycles. The zero-order chi connectivity index (χ0) is 13.8. The fraction of sp³-hybridized carbons (Fsp3) is 0.429. The van der Waals surface area contributed by atoms with Crippen LogP contribution in [0.2, 0.25) is 0 Å². The molecular formula is C14H19FN4. The summed E-state index contributed by atoms with van der Waals surface area (Å²) in [5.74, 6) is 0.192. The highest BCUT2D eigenvalue weighted by Crippen LogP contribution is 2.20. The predicted octanol–water partition coefficient (Wildman–Crippen LogP) is 3.25. The van der Waals surface area contributed by atoms with Crippen LogP contribution in [0, 0.1) is 11.7 Å². The molecule has 2 rings (SSSR count). The van der Waals surface area contributed by atoms with Gasteiger partial charge in [-0.3, -0.25) is 0 Å². The third-order valence-corrected chi connectivity index (χ3v) is 3.21. The van der Waals surface area contributed by atoms with E-state index in [0.717, 1.165) is 12.1 Å². The summed E-state index contributed by atoms with van der Waals surface area (Å²) in [5.41, 5.74) is 1.20. The van der Waals surface area contributed by atoms with Crippen molar-refractivity contribution in [3.63, 3.8) is 0 Å². The number of rotatable bonds is 5. The Balaban J connectivity index is 2.19. The van der Waals surface area contributed by atoms with Crippen molar-refractivity contribution in [2.75, 3.05) is 5.32 Å². The molecule has 0 spiro atoms. The normalized spacial score (nSPS) is 12.7. The minimum atomic E-state index is -0.311. The molecule has 19 heavy (non-hydrogen) atoms. The molecule has 102 valence electrons. The number of halogens is 1. The van der Waals surface area contributed by atoms with Crippen molar-refractivity contribution in [3.8, 4) is 5.69 Å². The average Bonchev–Trinajstić information content (AvgIpc) is 2.89. The summed E-state index contributed by atoms with van der Waals surface area (Å²) >= 11 is 0. The number of anilines is 1. The van der Waals surface area contributed by atoms with Crippen LogP contribution >= 0.6 is 0 Å². The summed E-state index contributed by atoms with van der Waals surface area (Å²) in [7, 11) is 0. The average molecular weight is 262 g/mol. The lowest BCUT2D eigenvalue weighted by molar-refractivity contribution is 0.510. The van der Waals surface area contributed by atoms with Crippen molar-refractivity contribution < 1.29 is 4.39 Å². The Kier molecular flexibility index (Phi) is 4.14. The topological polar surface area (TPSA) is 42.7 Å². The van der Waals surface area contributed by atoms with Gasteiger partial charge in [0, 0.05) is 11.7 Å². The summed E-state index contributed by atoms with van der Waals surface area (Å²) in [6, 6.07) is 5.42. The molecule has 1 atom stereocenters. The maximum Gasteiger partial charge on any atom is 0.150 e. The summed E-state index contributed by atoms with van der Waals surface area (Å²) < 4.78 is 15.5. The molecule has 0 fully saturated rings. The van der Waals surface area contributed by atoms with Crippen molar-refractivity contribution in [2.24, 2.45) is 5.92 Å². The molecule has 0 bridgehead atoms. The fourth-order valence-electron chi connectivity index (χ4n) is 2.07. The maximum absolute atomic E-state index is 14.0. The van der Waals surface area contributed by atoms with Crippen LogP contribution in [0.3, 0.4) is 0 Å². The van der Waals surface area contributed by atoms with E-state index in [1.54, 1.807) is 6.07 Å². The molecule has 1 N–H and O–H groups in total. The highest BCUT2D eigenvalue weighted by molar-refractivity contribution is 5.50. The summed E-state index contributed by atoms with van der Waals surface area (Å²) in [6.07, 6.45) is 3.87. The lowest BCUT2D eigenvalue weighted by Crippen LogP contribution is -2.24. The number of nitrogens with zero attached hydrogens (tertiary/aromatic N) is 3. The molecular weight excluding hydrogens is 243 g/mol. The fourth-order valence-corrected chi connectivity index (χ4v) is 2.07. The van der Waals surface area contributed by atoms with Crippen LogP contribution in [-0.2, 0) is 0 Å². The molecule has 0 amide bonds. The number of hydrogen-bond acceptors (Lipinski definition) is 3. The first-order valence-electron chi connectivity index (χ1n) is 6.53. The Bertz CT molecular complexity index is 522. The van der Waals surface area contributed by atoms with Gasteiger partial charge in [-0.1, -0.05) is 20.8 Å². The van der Waals surface area contributed by atoms with E-state index in [-0.39, 0.29) is 5.82 Å². The molecule has 0 radical (unpaired) electrons. The molecule has 2 aromatic rings. The van der Waals surface area contributed by atoms with Crippen LogP contribution < -0.4 is 5.32 Å². The second kappa shape index (κ2) is 5.82. The first-order chi connectivity index (χ1) is 9.11. The zero-order valence-corrected chi connectivity index (χ0v) is 11.5. The number of aromatic nitrogens is 3. The van der Waals surface area contributed by atoms with Crippen LogP contribution in [0.25, 0.3) is 5.69 Å². The van der Waals surface area contributed by atoms with Crippen LogP contribution in [0.1, 0.15) is 27.2 Å². The van der Waals surface area contributed by atoms with E-state index in [9.17, 15) is 4.39 Å². The quantitative estimate of drug-likeness (QED) is 0.899. The van der Waals surface area contributed by atoms with Gasteiger partial charge in [-0.25, -0.2) is 14.1 Å². The minimum absolute atomic E-state index is 0.311. The van der Waals surface area contributed by atoms with E-state index >= 15 is 0 Å². The van der Waals surface area contributed by atoms with Gasteiger partial charge in [0.1, 0.15) is 18.3 Å². The molecule has 0 aliphatic heterocycles. The summed E-state index contributed by atoms with van der Waals surface area (Å²) in [4.78, 5) is 3.82. The Labute approximate surface area is 112 Å². The van der Waals surface area contributed by atoms with Gasteiger partial charge < -0.3 is 5.32 Å². The Hall–Kier alpha value is -1.91. The molecule has 5 heteroatoms. The molecule has 1 aromatic carbocycles. The number of hydrogen-bond donors (Lipinski definition) is 1. The summed E-state index contributed by atoms with van der Waals surface area (Å²) in [5, 5.41) is 7.28. The highest BCUT2D eigenvalue weighted by Gasteiger charge is 2.12. The minimum Gasteiger partial charge on any atom is -0.382 e. The van der Waals surface area contributed by atoms with Crippen LogP contribution in [0.4, 0.5) is 10.1 Å². The Morgan fingerprint density at radius 2 is 2.16 bits per heavy atom.